The molecule has 1 saturated heterocycles. The maximum atomic E-state index is 13.1. The summed E-state index contributed by atoms with van der Waals surface area (Å²) in [4.78, 5) is 20.9. The fourth-order valence-corrected chi connectivity index (χ4v) is 4.82. The minimum Gasteiger partial charge on any atom is -0.475 e. The second kappa shape index (κ2) is 16.4. The van der Waals surface area contributed by atoms with Crippen molar-refractivity contribution in [1.82, 2.24) is 9.88 Å². The number of hydrogen-bond donors (Lipinski definition) is 2. The van der Waals surface area contributed by atoms with E-state index in [-0.39, 0.29) is 26.1 Å². The first-order chi connectivity index (χ1) is 19.7. The number of aryl methyl sites for hydroxylation is 1. The Balaban J connectivity index is 0.00000141. The summed E-state index contributed by atoms with van der Waals surface area (Å²) in [5.74, 6) is -0.266. The van der Waals surface area contributed by atoms with Crippen LogP contribution in [0.3, 0.4) is 0 Å². The summed E-state index contributed by atoms with van der Waals surface area (Å²) in [7, 11) is 1.54. The van der Waals surface area contributed by atoms with Gasteiger partial charge in [0, 0.05) is 37.9 Å². The van der Waals surface area contributed by atoms with Gasteiger partial charge in [-0.3, -0.25) is 0 Å². The van der Waals surface area contributed by atoms with Gasteiger partial charge in [-0.15, -0.1) is 0 Å². The van der Waals surface area contributed by atoms with Gasteiger partial charge in [0.25, 0.3) is 0 Å². The summed E-state index contributed by atoms with van der Waals surface area (Å²) in [6.45, 7) is 12.5. The Bertz CT molecular complexity index is 1090. The zero-order valence-corrected chi connectivity index (χ0v) is 25.1. The van der Waals surface area contributed by atoms with Gasteiger partial charge in [-0.2, -0.15) is 18.2 Å². The van der Waals surface area contributed by atoms with E-state index in [1.165, 1.54) is 11.9 Å². The van der Waals surface area contributed by atoms with Crippen molar-refractivity contribution < 1.29 is 32.5 Å². The van der Waals surface area contributed by atoms with Crippen LogP contribution in [0.25, 0.3) is 11.1 Å². The summed E-state index contributed by atoms with van der Waals surface area (Å²) in [6, 6.07) is 8.32. The molecule has 1 aromatic carbocycles. The maximum absolute atomic E-state index is 13.1. The van der Waals surface area contributed by atoms with Crippen LogP contribution >= 0.6 is 0 Å². The van der Waals surface area contributed by atoms with Gasteiger partial charge in [0.2, 0.25) is 5.88 Å². The summed E-state index contributed by atoms with van der Waals surface area (Å²) < 4.78 is 50.3. The number of carbonyl (C=O) groups is 1. The number of ether oxygens (including phenoxy) is 2. The van der Waals surface area contributed by atoms with Crippen molar-refractivity contribution in [3.05, 3.63) is 35.9 Å². The molecule has 1 saturated carbocycles. The molecule has 0 radical (unpaired) electrons. The highest BCUT2D eigenvalue weighted by molar-refractivity contribution is 5.90. The van der Waals surface area contributed by atoms with E-state index in [1.807, 2.05) is 52.8 Å². The van der Waals surface area contributed by atoms with Gasteiger partial charge in [-0.05, 0) is 61.1 Å². The number of morpholine rings is 1. The van der Waals surface area contributed by atoms with E-state index in [4.69, 9.17) is 9.47 Å². The molecule has 0 bridgehead atoms. The Hall–Kier alpha value is -3.05. The highest BCUT2D eigenvalue weighted by atomic mass is 19.4. The Morgan fingerprint density at radius 1 is 1.15 bits per heavy atom. The number of urea groups is 1. The van der Waals surface area contributed by atoms with E-state index in [0.29, 0.717) is 44.3 Å². The third-order valence-corrected chi connectivity index (χ3v) is 7.00. The average Bonchev–Trinajstić information content (AvgIpc) is 3.50. The molecular formula is C30H45F3N4O4. The van der Waals surface area contributed by atoms with E-state index in [2.05, 4.69) is 15.2 Å². The molecule has 11 heteroatoms. The van der Waals surface area contributed by atoms with Gasteiger partial charge in [0.05, 0.1) is 25.7 Å². The number of aliphatic hydroxyl groups excluding tert-OH is 1. The number of anilines is 2. The van der Waals surface area contributed by atoms with Crippen molar-refractivity contribution in [1.29, 1.82) is 0 Å². The lowest BCUT2D eigenvalue weighted by Crippen LogP contribution is -2.39. The van der Waals surface area contributed by atoms with Crippen LogP contribution in [0.15, 0.2) is 30.3 Å². The van der Waals surface area contributed by atoms with E-state index in [0.717, 1.165) is 22.5 Å². The van der Waals surface area contributed by atoms with E-state index in [9.17, 15) is 23.1 Å². The molecule has 4 rings (SSSR count). The summed E-state index contributed by atoms with van der Waals surface area (Å²) in [5, 5.41) is 12.0. The molecule has 2 heterocycles. The Labute approximate surface area is 241 Å². The summed E-state index contributed by atoms with van der Waals surface area (Å²) in [5.41, 5.74) is 3.17. The molecule has 41 heavy (non-hydrogen) atoms. The van der Waals surface area contributed by atoms with Crippen LogP contribution in [0.4, 0.5) is 29.5 Å². The van der Waals surface area contributed by atoms with Crippen molar-refractivity contribution in [3.8, 4) is 17.0 Å². The van der Waals surface area contributed by atoms with Gasteiger partial charge in [0.15, 0.2) is 0 Å². The van der Waals surface area contributed by atoms with Crippen molar-refractivity contribution in [2.24, 2.45) is 5.92 Å². The van der Waals surface area contributed by atoms with Crippen molar-refractivity contribution in [2.45, 2.75) is 66.1 Å². The number of alkyl halides is 3. The van der Waals surface area contributed by atoms with E-state index >= 15 is 0 Å². The highest BCUT2D eigenvalue weighted by Crippen LogP contribution is 2.40. The molecule has 2 fully saturated rings. The molecule has 2 unspecified atom stereocenters. The SMILES string of the molecule is CC.CC.Cc1ccc(NC(=O)N(C)C2CCC(C(F)(F)F)C2)cc1-c1cc(OCCO)nc(N2CCOCC2)c1. The summed E-state index contributed by atoms with van der Waals surface area (Å²) >= 11 is 0. The Morgan fingerprint density at radius 2 is 1.83 bits per heavy atom. The number of carbonyl (C=O) groups excluding carboxylic acids is 1. The van der Waals surface area contributed by atoms with Crippen molar-refractivity contribution in [3.63, 3.8) is 0 Å². The number of pyridine rings is 1. The third kappa shape index (κ3) is 9.49. The van der Waals surface area contributed by atoms with E-state index in [1.54, 1.807) is 12.1 Å². The first-order valence-corrected chi connectivity index (χ1v) is 14.5. The standard InChI is InChI=1S/C26H33F3N4O4.2C2H6/c1-17-3-5-20(30-25(35)32(2)21-6-4-19(15-21)26(27,28)29)16-22(17)18-13-23(33-7-10-36-11-8-33)31-24(14-18)37-12-9-34;2*1-2/h3,5,13-14,16,19,21,34H,4,6-12,15H2,1-2H3,(H,30,35);2*1-2H3. The van der Waals surface area contributed by atoms with Gasteiger partial charge < -0.3 is 29.7 Å². The lowest BCUT2D eigenvalue weighted by molar-refractivity contribution is -0.173. The first-order valence-electron chi connectivity index (χ1n) is 14.5. The topological polar surface area (TPSA) is 87.2 Å². The highest BCUT2D eigenvalue weighted by Gasteiger charge is 2.45. The molecule has 230 valence electrons. The second-order valence-corrected chi connectivity index (χ2v) is 9.50. The molecule has 1 aliphatic carbocycles. The second-order valence-electron chi connectivity index (χ2n) is 9.50. The lowest BCUT2D eigenvalue weighted by Gasteiger charge is -2.28. The molecule has 2 atom stereocenters. The molecule has 2 aromatic rings. The van der Waals surface area contributed by atoms with Crippen LogP contribution < -0.4 is 15.0 Å². The van der Waals surface area contributed by atoms with E-state index < -0.39 is 24.2 Å². The zero-order chi connectivity index (χ0) is 30.6. The smallest absolute Gasteiger partial charge is 0.391 e. The fourth-order valence-electron chi connectivity index (χ4n) is 4.82. The molecule has 2 amide bonds. The van der Waals surface area contributed by atoms with Crippen LogP contribution in [0.1, 0.15) is 52.5 Å². The molecular weight excluding hydrogens is 537 g/mol. The van der Waals surface area contributed by atoms with Crippen LogP contribution in [-0.2, 0) is 4.74 Å². The molecule has 2 N–H and O–H groups in total. The first kappa shape index (κ1) is 34.2. The minimum absolute atomic E-state index is 0.0364. The molecule has 1 aromatic heterocycles. The van der Waals surface area contributed by atoms with Gasteiger partial charge in [-0.1, -0.05) is 33.8 Å². The zero-order valence-electron chi connectivity index (χ0n) is 25.1. The van der Waals surface area contributed by atoms with Crippen molar-refractivity contribution >= 4 is 17.5 Å². The number of rotatable bonds is 7. The average molecular weight is 583 g/mol. The quantitative estimate of drug-likeness (QED) is 0.387. The third-order valence-electron chi connectivity index (χ3n) is 7.00. The largest absolute Gasteiger partial charge is 0.475 e. The number of hydrogen-bond acceptors (Lipinski definition) is 6. The minimum atomic E-state index is -4.23. The number of nitrogens with zero attached hydrogens (tertiary/aromatic N) is 3. The predicted octanol–water partition coefficient (Wildman–Crippen LogP) is 6.51. The van der Waals surface area contributed by atoms with Gasteiger partial charge in [-0.25, -0.2) is 4.79 Å². The molecule has 0 spiro atoms. The summed E-state index contributed by atoms with van der Waals surface area (Å²) in [6.07, 6.45) is -3.95. The Morgan fingerprint density at radius 3 is 2.44 bits per heavy atom. The van der Waals surface area contributed by atoms with Crippen LogP contribution in [0.5, 0.6) is 5.88 Å². The van der Waals surface area contributed by atoms with Crippen LogP contribution in [0, 0.1) is 12.8 Å². The molecule has 2 aliphatic rings. The fraction of sp³-hybridized carbons (Fsp3) is 0.600. The number of aromatic nitrogens is 1. The molecule has 1 aliphatic heterocycles. The van der Waals surface area contributed by atoms with Gasteiger partial charge in [0.1, 0.15) is 12.4 Å². The number of halogens is 3. The normalized spacial score (nSPS) is 18.4. The number of nitrogens with one attached hydrogen (secondary N) is 1. The maximum Gasteiger partial charge on any atom is 0.391 e. The lowest BCUT2D eigenvalue weighted by atomic mass is 10.00. The van der Waals surface area contributed by atoms with Gasteiger partial charge >= 0.3 is 12.2 Å². The molecule has 8 nitrogen and oxygen atoms in total. The number of amides is 2. The van der Waals surface area contributed by atoms with Crippen molar-refractivity contribution in [2.75, 3.05) is 56.8 Å². The van der Waals surface area contributed by atoms with Crippen LogP contribution in [-0.4, -0.2) is 79.8 Å². The van der Waals surface area contributed by atoms with Crippen LogP contribution in [0.2, 0.25) is 0 Å². The number of benzene rings is 1. The monoisotopic (exact) mass is 582 g/mol. The Kier molecular flexibility index (Phi) is 13.7. The predicted molar refractivity (Wildman–Crippen MR) is 157 cm³/mol. The number of aliphatic hydroxyl groups is 1.